The molecule has 1 heterocycles. The van der Waals surface area contributed by atoms with Crippen molar-refractivity contribution in [2.75, 3.05) is 18.5 Å². The highest BCUT2D eigenvalue weighted by atomic mass is 32.1. The highest BCUT2D eigenvalue weighted by Crippen LogP contribution is 2.41. The molecule has 0 bridgehead atoms. The molecule has 3 N–H and O–H groups in total. The average molecular weight is 455 g/mol. The first-order valence-corrected chi connectivity index (χ1v) is 10.4. The second-order valence-electron chi connectivity index (χ2n) is 6.81. The highest BCUT2D eigenvalue weighted by molar-refractivity contribution is 7.18. The lowest BCUT2D eigenvalue weighted by Gasteiger charge is -2.08. The first kappa shape index (κ1) is 23.0. The second kappa shape index (κ2) is 10.6. The number of carboxylic acid groups (broad SMARTS) is 2. The van der Waals surface area contributed by atoms with E-state index in [0.717, 1.165) is 22.5 Å². The molecule has 0 radical (unpaired) electrons. The zero-order valence-electron chi connectivity index (χ0n) is 17.2. The van der Waals surface area contributed by atoms with E-state index in [9.17, 15) is 19.5 Å². The van der Waals surface area contributed by atoms with E-state index < -0.39 is 18.5 Å². The number of carbonyl (C=O) groups excluding carboxylic acids is 1. The minimum Gasteiger partial charge on any atom is -0.480 e. The summed E-state index contributed by atoms with van der Waals surface area (Å²) in [6, 6.07) is 16.4. The van der Waals surface area contributed by atoms with E-state index in [1.807, 2.05) is 30.3 Å². The van der Waals surface area contributed by atoms with Gasteiger partial charge in [0.25, 0.3) is 0 Å². The van der Waals surface area contributed by atoms with E-state index in [1.54, 1.807) is 31.2 Å². The van der Waals surface area contributed by atoms with Crippen molar-refractivity contribution in [3.8, 4) is 16.2 Å². The van der Waals surface area contributed by atoms with E-state index in [1.165, 1.54) is 0 Å². The molecule has 0 aliphatic carbocycles. The molecule has 0 aliphatic rings. The molecule has 3 rings (SSSR count). The Morgan fingerprint density at radius 2 is 1.66 bits per heavy atom. The summed E-state index contributed by atoms with van der Waals surface area (Å²) >= 11 is 1.00. The molecule has 0 aliphatic heterocycles. The number of carbonyl (C=O) groups is 3. The van der Waals surface area contributed by atoms with Crippen LogP contribution in [0.25, 0.3) is 10.4 Å². The number of aromatic carboxylic acids is 1. The molecule has 0 atom stereocenters. The molecule has 3 aromatic rings. The van der Waals surface area contributed by atoms with Crippen LogP contribution in [0.4, 0.5) is 5.69 Å². The summed E-state index contributed by atoms with van der Waals surface area (Å²) in [5, 5.41) is 21.0. The van der Waals surface area contributed by atoms with Crippen molar-refractivity contribution in [1.82, 2.24) is 0 Å². The molecule has 166 valence electrons. The van der Waals surface area contributed by atoms with Gasteiger partial charge in [0.2, 0.25) is 5.91 Å². The Kier molecular flexibility index (Phi) is 7.58. The molecular formula is C23H21NO7S. The summed E-state index contributed by atoms with van der Waals surface area (Å²) in [4.78, 5) is 35.0. The maximum Gasteiger partial charge on any atom is 0.349 e. The largest absolute Gasteiger partial charge is 0.480 e. The Morgan fingerprint density at radius 1 is 0.969 bits per heavy atom. The van der Waals surface area contributed by atoms with Crippen molar-refractivity contribution in [3.05, 3.63) is 70.6 Å². The van der Waals surface area contributed by atoms with Crippen LogP contribution in [0, 0.1) is 6.92 Å². The van der Waals surface area contributed by atoms with Crippen LogP contribution in [-0.4, -0.2) is 41.3 Å². The lowest BCUT2D eigenvalue weighted by atomic mass is 10.1. The number of thiophene rings is 1. The Labute approximate surface area is 188 Å². The van der Waals surface area contributed by atoms with Crippen LogP contribution in [0.3, 0.4) is 0 Å². The van der Waals surface area contributed by atoms with E-state index in [-0.39, 0.29) is 23.1 Å². The second-order valence-corrected chi connectivity index (χ2v) is 7.83. The molecule has 0 fully saturated rings. The van der Waals surface area contributed by atoms with Gasteiger partial charge in [0.1, 0.15) is 12.4 Å². The van der Waals surface area contributed by atoms with Gasteiger partial charge in [-0.1, -0.05) is 42.5 Å². The smallest absolute Gasteiger partial charge is 0.349 e. The summed E-state index contributed by atoms with van der Waals surface area (Å²) in [6.07, 6.45) is 0. The number of carboxylic acids is 2. The summed E-state index contributed by atoms with van der Waals surface area (Å²) in [7, 11) is 0. The van der Waals surface area contributed by atoms with Crippen LogP contribution in [0.2, 0.25) is 0 Å². The standard InChI is InChI=1S/C23H21NO7S/c1-14-20(31-13-19(26)27)22(23(28)29)32-21(14)16-7-9-17(10-8-16)24-18(25)12-30-11-15-5-3-2-4-6-15/h2-10H,11-13H2,1H3,(H,24,25)(H,26,27)(H,28,29). The van der Waals surface area contributed by atoms with Crippen molar-refractivity contribution >= 4 is 34.9 Å². The topological polar surface area (TPSA) is 122 Å². The number of benzene rings is 2. The Hall–Kier alpha value is -3.69. The van der Waals surface area contributed by atoms with Gasteiger partial charge in [0.15, 0.2) is 11.5 Å². The number of hydrogen-bond donors (Lipinski definition) is 3. The van der Waals surface area contributed by atoms with Crippen molar-refractivity contribution < 1.29 is 34.1 Å². The van der Waals surface area contributed by atoms with E-state index in [4.69, 9.17) is 14.6 Å². The highest BCUT2D eigenvalue weighted by Gasteiger charge is 2.23. The lowest BCUT2D eigenvalue weighted by molar-refractivity contribution is -0.139. The minimum absolute atomic E-state index is 0.0489. The van der Waals surface area contributed by atoms with Gasteiger partial charge in [0, 0.05) is 16.1 Å². The van der Waals surface area contributed by atoms with Gasteiger partial charge in [-0.25, -0.2) is 9.59 Å². The maximum atomic E-state index is 12.1. The fourth-order valence-electron chi connectivity index (χ4n) is 2.96. The van der Waals surface area contributed by atoms with Crippen molar-refractivity contribution in [1.29, 1.82) is 0 Å². The molecular weight excluding hydrogens is 434 g/mol. The number of rotatable bonds is 10. The van der Waals surface area contributed by atoms with Gasteiger partial charge < -0.3 is 25.0 Å². The average Bonchev–Trinajstić information content (AvgIpc) is 3.10. The predicted octanol–water partition coefficient (Wildman–Crippen LogP) is 4.04. The number of nitrogens with one attached hydrogen (secondary N) is 1. The fourth-order valence-corrected chi connectivity index (χ4v) is 4.06. The van der Waals surface area contributed by atoms with E-state index in [0.29, 0.717) is 22.7 Å². The number of aliphatic carboxylic acids is 1. The molecule has 9 heteroatoms. The normalized spacial score (nSPS) is 10.5. The third-order valence-electron chi connectivity index (χ3n) is 4.40. The third-order valence-corrected chi connectivity index (χ3v) is 5.71. The quantitative estimate of drug-likeness (QED) is 0.422. The number of ether oxygens (including phenoxy) is 2. The van der Waals surface area contributed by atoms with Gasteiger partial charge >= 0.3 is 11.9 Å². The zero-order chi connectivity index (χ0) is 23.1. The summed E-state index contributed by atoms with van der Waals surface area (Å²) in [5.41, 5.74) is 2.80. The van der Waals surface area contributed by atoms with Gasteiger partial charge in [0.05, 0.1) is 6.61 Å². The van der Waals surface area contributed by atoms with Crippen LogP contribution in [0.5, 0.6) is 5.75 Å². The van der Waals surface area contributed by atoms with Crippen LogP contribution in [0.15, 0.2) is 54.6 Å². The van der Waals surface area contributed by atoms with Crippen molar-refractivity contribution in [3.63, 3.8) is 0 Å². The van der Waals surface area contributed by atoms with Gasteiger partial charge in [-0.15, -0.1) is 11.3 Å². The monoisotopic (exact) mass is 455 g/mol. The van der Waals surface area contributed by atoms with Crippen LogP contribution < -0.4 is 10.1 Å². The van der Waals surface area contributed by atoms with E-state index >= 15 is 0 Å². The SMILES string of the molecule is Cc1c(-c2ccc(NC(=O)COCc3ccccc3)cc2)sc(C(=O)O)c1OCC(=O)O. The molecule has 0 unspecified atom stereocenters. The molecule has 0 saturated carbocycles. The maximum absolute atomic E-state index is 12.1. The minimum atomic E-state index is -1.19. The van der Waals surface area contributed by atoms with Gasteiger partial charge in [-0.3, -0.25) is 4.79 Å². The molecule has 32 heavy (non-hydrogen) atoms. The molecule has 0 spiro atoms. The van der Waals surface area contributed by atoms with Crippen LogP contribution in [-0.2, 0) is 20.9 Å². The lowest BCUT2D eigenvalue weighted by Crippen LogP contribution is -2.18. The Balaban J connectivity index is 1.64. The summed E-state index contributed by atoms with van der Waals surface area (Å²) < 4.78 is 10.6. The number of hydrogen-bond acceptors (Lipinski definition) is 6. The number of amides is 1. The Morgan fingerprint density at radius 3 is 2.28 bits per heavy atom. The van der Waals surface area contributed by atoms with Crippen LogP contribution >= 0.6 is 11.3 Å². The molecule has 1 amide bonds. The Bertz CT molecular complexity index is 1110. The molecule has 1 aromatic heterocycles. The summed E-state index contributed by atoms with van der Waals surface area (Å²) in [6.45, 7) is 1.29. The summed E-state index contributed by atoms with van der Waals surface area (Å²) in [5.74, 6) is -2.63. The van der Waals surface area contributed by atoms with Crippen LogP contribution in [0.1, 0.15) is 20.8 Å². The number of anilines is 1. The van der Waals surface area contributed by atoms with Crippen molar-refractivity contribution in [2.45, 2.75) is 13.5 Å². The predicted molar refractivity (Wildman–Crippen MR) is 119 cm³/mol. The third kappa shape index (κ3) is 5.93. The van der Waals surface area contributed by atoms with E-state index in [2.05, 4.69) is 5.32 Å². The molecule has 8 nitrogen and oxygen atoms in total. The van der Waals surface area contributed by atoms with Gasteiger partial charge in [-0.05, 0) is 30.2 Å². The van der Waals surface area contributed by atoms with Crippen molar-refractivity contribution in [2.24, 2.45) is 0 Å². The fraction of sp³-hybridized carbons (Fsp3) is 0.174. The zero-order valence-corrected chi connectivity index (χ0v) is 18.0. The first-order valence-electron chi connectivity index (χ1n) is 9.58. The molecule has 2 aromatic carbocycles. The first-order chi connectivity index (χ1) is 15.3. The van der Waals surface area contributed by atoms with Gasteiger partial charge in [-0.2, -0.15) is 0 Å². The molecule has 0 saturated heterocycles.